The van der Waals surface area contributed by atoms with Crippen LogP contribution in [0.25, 0.3) is 0 Å². The molecule has 0 saturated carbocycles. The average Bonchev–Trinajstić information content (AvgIpc) is 3.23. The van der Waals surface area contributed by atoms with Crippen LogP contribution < -0.4 is 19.6 Å². The van der Waals surface area contributed by atoms with E-state index in [0.717, 1.165) is 11.8 Å². The van der Waals surface area contributed by atoms with Crippen LogP contribution in [0.2, 0.25) is 0 Å². The molecule has 0 bridgehead atoms. The van der Waals surface area contributed by atoms with Crippen LogP contribution in [0.4, 0.5) is 5.69 Å². The largest absolute Gasteiger partial charge is 0.454 e. The summed E-state index contributed by atoms with van der Waals surface area (Å²) in [6.07, 6.45) is 3.15. The van der Waals surface area contributed by atoms with Crippen molar-refractivity contribution in [2.45, 2.75) is 24.3 Å². The van der Waals surface area contributed by atoms with Crippen LogP contribution in [0.1, 0.15) is 17.5 Å². The first-order valence-electron chi connectivity index (χ1n) is 9.70. The lowest BCUT2D eigenvalue weighted by molar-refractivity contribution is -0.385. The minimum absolute atomic E-state index is 0.0366. The highest BCUT2D eigenvalue weighted by molar-refractivity contribution is 7.98. The number of nitro groups is 1. The molecule has 0 unspecified atom stereocenters. The number of amides is 1. The number of carbonyl (C=O) groups is 1. The average molecular weight is 495 g/mol. The first-order chi connectivity index (χ1) is 15.7. The molecule has 176 valence electrons. The van der Waals surface area contributed by atoms with Crippen LogP contribution in [0.3, 0.4) is 0 Å². The predicted octanol–water partition coefficient (Wildman–Crippen LogP) is 2.18. The van der Waals surface area contributed by atoms with Crippen molar-refractivity contribution in [1.29, 1.82) is 0 Å². The fourth-order valence-electron chi connectivity index (χ4n) is 2.90. The Balaban J connectivity index is 1.75. The normalized spacial score (nSPS) is 13.8. The topological polar surface area (TPSA) is 149 Å². The van der Waals surface area contributed by atoms with Crippen molar-refractivity contribution in [3.8, 4) is 11.5 Å². The maximum absolute atomic E-state index is 12.7. The van der Waals surface area contributed by atoms with E-state index >= 15 is 0 Å². The van der Waals surface area contributed by atoms with Gasteiger partial charge in [-0.05, 0) is 43.6 Å². The van der Waals surface area contributed by atoms with Crippen molar-refractivity contribution in [2.24, 2.45) is 5.10 Å². The molecule has 1 atom stereocenters. The molecule has 0 fully saturated rings. The Morgan fingerprint density at radius 2 is 1.94 bits per heavy atom. The lowest BCUT2D eigenvalue weighted by Gasteiger charge is -2.17. The summed E-state index contributed by atoms with van der Waals surface area (Å²) in [6, 6.07) is 7.73. The monoisotopic (exact) mass is 494 g/mol. The van der Waals surface area contributed by atoms with E-state index in [2.05, 4.69) is 15.2 Å². The summed E-state index contributed by atoms with van der Waals surface area (Å²) in [6.45, 7) is 1.78. The van der Waals surface area contributed by atoms with Crippen molar-refractivity contribution in [3.05, 3.63) is 57.6 Å². The van der Waals surface area contributed by atoms with Gasteiger partial charge in [0, 0.05) is 0 Å². The molecule has 0 radical (unpaired) electrons. The lowest BCUT2D eigenvalue weighted by atomic mass is 10.1. The van der Waals surface area contributed by atoms with Crippen LogP contribution in [0, 0.1) is 17.0 Å². The zero-order valence-electron chi connectivity index (χ0n) is 17.8. The van der Waals surface area contributed by atoms with Crippen LogP contribution in [0.15, 0.2) is 46.4 Å². The summed E-state index contributed by atoms with van der Waals surface area (Å²) in [5.74, 6) is 0.383. The number of sulfonamides is 1. The second kappa shape index (κ2) is 10.6. The zero-order valence-corrected chi connectivity index (χ0v) is 19.4. The fourth-order valence-corrected chi connectivity index (χ4v) is 4.61. The van der Waals surface area contributed by atoms with E-state index in [0.29, 0.717) is 11.5 Å². The number of ether oxygens (including phenoxy) is 2. The van der Waals surface area contributed by atoms with Gasteiger partial charge < -0.3 is 9.47 Å². The second-order valence-corrected chi connectivity index (χ2v) is 9.72. The molecule has 3 rings (SSSR count). The van der Waals surface area contributed by atoms with E-state index in [1.165, 1.54) is 36.0 Å². The van der Waals surface area contributed by atoms with Crippen molar-refractivity contribution < 1.29 is 27.6 Å². The van der Waals surface area contributed by atoms with E-state index in [9.17, 15) is 23.3 Å². The quantitative estimate of drug-likeness (QED) is 0.290. The van der Waals surface area contributed by atoms with E-state index < -0.39 is 26.9 Å². The number of hydrogen-bond acceptors (Lipinski definition) is 9. The van der Waals surface area contributed by atoms with Gasteiger partial charge in [-0.15, -0.1) is 0 Å². The maximum Gasteiger partial charge on any atom is 0.282 e. The molecule has 1 amide bonds. The van der Waals surface area contributed by atoms with E-state index in [1.807, 2.05) is 13.2 Å². The molecule has 33 heavy (non-hydrogen) atoms. The lowest BCUT2D eigenvalue weighted by Crippen LogP contribution is -2.45. The summed E-state index contributed by atoms with van der Waals surface area (Å²) in [7, 11) is -3.95. The molecule has 1 heterocycles. The van der Waals surface area contributed by atoms with Crippen LogP contribution in [-0.4, -0.2) is 50.3 Å². The molecule has 1 aliphatic heterocycles. The zero-order chi connectivity index (χ0) is 24.0. The number of hydrogen-bond donors (Lipinski definition) is 2. The third-order valence-corrected chi connectivity index (χ3v) is 6.78. The third-order valence-electron chi connectivity index (χ3n) is 4.65. The van der Waals surface area contributed by atoms with Gasteiger partial charge in [-0.3, -0.25) is 14.9 Å². The van der Waals surface area contributed by atoms with Gasteiger partial charge in [0.1, 0.15) is 6.04 Å². The summed E-state index contributed by atoms with van der Waals surface area (Å²) in [5, 5.41) is 15.1. The van der Waals surface area contributed by atoms with Gasteiger partial charge in [0.05, 0.1) is 27.7 Å². The minimum atomic E-state index is -3.95. The van der Waals surface area contributed by atoms with E-state index in [1.54, 1.807) is 12.1 Å². The number of rotatable bonds is 10. The van der Waals surface area contributed by atoms with Crippen molar-refractivity contribution in [1.82, 2.24) is 10.1 Å². The number of thioether (sulfide) groups is 1. The standard InChI is InChI=1S/C20H22N4O7S2/c1-13-3-5-15(6-4-13)33(28,29)23-16(7-8-32-2)20(25)22-21-11-14-9-18-19(31-12-30-18)10-17(14)24(26)27/h3-6,9-11,16,23H,7-8,12H2,1-2H3,(H,22,25)/b21-11+/t16-/m0/s1. The number of fused-ring (bicyclic) bond motifs is 1. The van der Waals surface area contributed by atoms with Gasteiger partial charge in [0.2, 0.25) is 16.8 Å². The van der Waals surface area contributed by atoms with Gasteiger partial charge in [-0.2, -0.15) is 21.6 Å². The fraction of sp³-hybridized carbons (Fsp3) is 0.300. The highest BCUT2D eigenvalue weighted by atomic mass is 32.2. The summed E-state index contributed by atoms with van der Waals surface area (Å²) in [4.78, 5) is 23.4. The number of aryl methyl sites for hydroxylation is 1. The molecular formula is C20H22N4O7S2. The molecule has 2 N–H and O–H groups in total. The second-order valence-electron chi connectivity index (χ2n) is 7.02. The van der Waals surface area contributed by atoms with Crippen LogP contribution in [-0.2, 0) is 14.8 Å². The first kappa shape index (κ1) is 24.5. The van der Waals surface area contributed by atoms with Crippen molar-refractivity contribution >= 4 is 39.6 Å². The Morgan fingerprint density at radius 1 is 1.27 bits per heavy atom. The number of benzene rings is 2. The molecule has 1 aliphatic rings. The molecule has 0 spiro atoms. The Labute approximate surface area is 194 Å². The maximum atomic E-state index is 12.7. The minimum Gasteiger partial charge on any atom is -0.454 e. The van der Waals surface area contributed by atoms with Gasteiger partial charge in [-0.25, -0.2) is 13.8 Å². The molecule has 0 saturated heterocycles. The SMILES string of the molecule is CSCC[C@H](NS(=O)(=O)c1ccc(C)cc1)C(=O)N/N=C/c1cc2c(cc1[N+](=O)[O-])OCO2. The van der Waals surface area contributed by atoms with Crippen LogP contribution in [0.5, 0.6) is 11.5 Å². The molecule has 13 heteroatoms. The van der Waals surface area contributed by atoms with E-state index in [-0.39, 0.29) is 35.1 Å². The molecule has 0 aliphatic carbocycles. The summed E-state index contributed by atoms with van der Waals surface area (Å²) < 4.78 is 38.2. The van der Waals surface area contributed by atoms with Gasteiger partial charge in [0.25, 0.3) is 11.6 Å². The summed E-state index contributed by atoms with van der Waals surface area (Å²) in [5.41, 5.74) is 2.96. The third kappa shape index (κ3) is 6.21. The Morgan fingerprint density at radius 3 is 2.58 bits per heavy atom. The Kier molecular flexibility index (Phi) is 7.89. The molecular weight excluding hydrogens is 472 g/mol. The Bertz CT molecular complexity index is 1170. The number of nitrogens with one attached hydrogen (secondary N) is 2. The van der Waals surface area contributed by atoms with Gasteiger partial charge >= 0.3 is 0 Å². The van der Waals surface area contributed by atoms with Crippen molar-refractivity contribution in [3.63, 3.8) is 0 Å². The molecule has 2 aromatic rings. The van der Waals surface area contributed by atoms with Gasteiger partial charge in [0.15, 0.2) is 11.5 Å². The summed E-state index contributed by atoms with van der Waals surface area (Å²) >= 11 is 1.45. The number of nitrogens with zero attached hydrogens (tertiary/aromatic N) is 2. The Hall–Kier alpha value is -3.16. The first-order valence-corrected chi connectivity index (χ1v) is 12.6. The molecule has 0 aromatic heterocycles. The van der Waals surface area contributed by atoms with E-state index in [4.69, 9.17) is 9.47 Å². The smallest absolute Gasteiger partial charge is 0.282 e. The highest BCUT2D eigenvalue weighted by Crippen LogP contribution is 2.37. The predicted molar refractivity (Wildman–Crippen MR) is 123 cm³/mol. The van der Waals surface area contributed by atoms with Gasteiger partial charge in [-0.1, -0.05) is 17.7 Å². The van der Waals surface area contributed by atoms with Crippen LogP contribution >= 0.6 is 11.8 Å². The number of carbonyl (C=O) groups excluding carboxylic acids is 1. The molecule has 2 aromatic carbocycles. The highest BCUT2D eigenvalue weighted by Gasteiger charge is 2.26. The van der Waals surface area contributed by atoms with Crippen molar-refractivity contribution in [2.75, 3.05) is 18.8 Å². The number of hydrazone groups is 1. The number of nitro benzene ring substituents is 1. The molecule has 11 nitrogen and oxygen atoms in total.